The van der Waals surface area contributed by atoms with E-state index in [-0.39, 0.29) is 25.4 Å². The monoisotopic (exact) mass is 983 g/mol. The predicted octanol–water partition coefficient (Wildman–Crippen LogP) is 15.8. The van der Waals surface area contributed by atoms with E-state index >= 15 is 0 Å². The average Bonchev–Trinajstić information content (AvgIpc) is 3.31. The van der Waals surface area contributed by atoms with Crippen LogP contribution in [0.5, 0.6) is 0 Å². The van der Waals surface area contributed by atoms with Crippen molar-refractivity contribution in [3.8, 4) is 0 Å². The van der Waals surface area contributed by atoms with Gasteiger partial charge >= 0.3 is 5.97 Å². The van der Waals surface area contributed by atoms with Crippen molar-refractivity contribution in [1.82, 2.24) is 5.32 Å². The topological polar surface area (TPSA) is 114 Å². The van der Waals surface area contributed by atoms with Gasteiger partial charge < -0.3 is 28.5 Å². The Kier molecular flexibility index (Phi) is 46.4. The summed E-state index contributed by atoms with van der Waals surface area (Å²) in [5, 5.41) is 2.98. The molecule has 9 nitrogen and oxygen atoms in total. The highest BCUT2D eigenvalue weighted by atomic mass is 31.2. The van der Waals surface area contributed by atoms with Gasteiger partial charge in [-0.15, -0.1) is 0 Å². The molecule has 3 unspecified atom stereocenters. The van der Waals surface area contributed by atoms with Crippen molar-refractivity contribution >= 4 is 19.7 Å². The van der Waals surface area contributed by atoms with Gasteiger partial charge in [0.1, 0.15) is 19.3 Å². The minimum absolute atomic E-state index is 0.0405. The van der Waals surface area contributed by atoms with Gasteiger partial charge in [0, 0.05) is 12.8 Å². The predicted molar refractivity (Wildman–Crippen MR) is 293 cm³/mol. The Morgan fingerprint density at radius 3 is 1.42 bits per heavy atom. The largest absolute Gasteiger partial charge is 0.756 e. The van der Waals surface area contributed by atoms with Crippen molar-refractivity contribution in [1.29, 1.82) is 0 Å². The van der Waals surface area contributed by atoms with Crippen LogP contribution in [0.1, 0.15) is 213 Å². The number of hydrogen-bond donors (Lipinski definition) is 1. The number of carbonyl (C=O) groups is 2. The molecule has 0 saturated carbocycles. The third kappa shape index (κ3) is 49.7. The fraction of sp³-hybridized carbons (Fsp3) is 0.695. The van der Waals surface area contributed by atoms with E-state index in [1.807, 2.05) is 39.4 Å². The maximum absolute atomic E-state index is 13.4. The van der Waals surface area contributed by atoms with Crippen LogP contribution < -0.4 is 10.2 Å². The summed E-state index contributed by atoms with van der Waals surface area (Å²) >= 11 is 0. The van der Waals surface area contributed by atoms with Crippen LogP contribution in [0.25, 0.3) is 0 Å². The highest BCUT2D eigenvalue weighted by Crippen LogP contribution is 2.38. The van der Waals surface area contributed by atoms with Gasteiger partial charge in [-0.05, 0) is 96.0 Å². The fourth-order valence-corrected chi connectivity index (χ4v) is 7.97. The molecule has 1 amide bonds. The SMILES string of the molecule is CC/C=C\C/C=C\C/C=C\C/C=C\C/C=C\C/C=C\CCC(=O)OC(/C=C\CCCCCCCCCCC)C(COP(=O)([O-])OCC[N+](C)(C)C)NC(=O)CCCCC/C=C\CCCCCCCC. The van der Waals surface area contributed by atoms with E-state index in [0.29, 0.717) is 23.9 Å². The lowest BCUT2D eigenvalue weighted by molar-refractivity contribution is -0.870. The zero-order chi connectivity index (χ0) is 50.8. The summed E-state index contributed by atoms with van der Waals surface area (Å²) in [4.78, 5) is 39.7. The van der Waals surface area contributed by atoms with E-state index in [9.17, 15) is 19.0 Å². The number of esters is 1. The maximum atomic E-state index is 13.4. The van der Waals surface area contributed by atoms with Crippen molar-refractivity contribution in [2.24, 2.45) is 0 Å². The normalized spacial score (nSPS) is 14.6. The van der Waals surface area contributed by atoms with Crippen LogP contribution in [0, 0.1) is 0 Å². The van der Waals surface area contributed by atoms with Gasteiger partial charge in [0.2, 0.25) is 5.91 Å². The maximum Gasteiger partial charge on any atom is 0.306 e. The van der Waals surface area contributed by atoms with Crippen LogP contribution in [-0.2, 0) is 27.9 Å². The molecule has 0 heterocycles. The molecular formula is C59H103N2O7P. The molecule has 1 N–H and O–H groups in total. The number of likely N-dealkylation sites (N-methyl/N-ethyl adjacent to an activating group) is 1. The summed E-state index contributed by atoms with van der Waals surface area (Å²) in [6.07, 6.45) is 63.9. The summed E-state index contributed by atoms with van der Waals surface area (Å²) in [6.45, 7) is 6.62. The van der Waals surface area contributed by atoms with Gasteiger partial charge in [0.15, 0.2) is 0 Å². The second kappa shape index (κ2) is 48.6. The van der Waals surface area contributed by atoms with Gasteiger partial charge in [0.25, 0.3) is 7.82 Å². The van der Waals surface area contributed by atoms with E-state index in [4.69, 9.17) is 13.8 Å². The Balaban J connectivity index is 5.50. The number of nitrogens with zero attached hydrogens (tertiary/aromatic N) is 1. The van der Waals surface area contributed by atoms with Crippen LogP contribution in [0.2, 0.25) is 0 Å². The van der Waals surface area contributed by atoms with Crippen molar-refractivity contribution in [3.05, 3.63) is 97.2 Å². The zero-order valence-corrected chi connectivity index (χ0v) is 45.9. The molecule has 396 valence electrons. The minimum atomic E-state index is -4.71. The molecule has 0 spiro atoms. The summed E-state index contributed by atoms with van der Waals surface area (Å²) < 4.78 is 30.1. The number of rotatable bonds is 48. The van der Waals surface area contributed by atoms with E-state index < -0.39 is 32.5 Å². The molecule has 10 heteroatoms. The third-order valence-electron chi connectivity index (χ3n) is 11.5. The number of unbranched alkanes of at least 4 members (excludes halogenated alkanes) is 18. The summed E-state index contributed by atoms with van der Waals surface area (Å²) in [6, 6.07) is -0.930. The van der Waals surface area contributed by atoms with Crippen LogP contribution >= 0.6 is 7.82 Å². The molecule has 0 aromatic carbocycles. The molecule has 0 rings (SSSR count). The number of allylic oxidation sites excluding steroid dienone is 15. The molecule has 0 aliphatic carbocycles. The summed E-state index contributed by atoms with van der Waals surface area (Å²) in [5.41, 5.74) is 0. The van der Waals surface area contributed by atoms with E-state index in [0.717, 1.165) is 83.5 Å². The number of nitrogens with one attached hydrogen (secondary N) is 1. The van der Waals surface area contributed by atoms with Crippen LogP contribution in [0.4, 0.5) is 0 Å². The number of amides is 1. The first-order valence-electron chi connectivity index (χ1n) is 27.5. The van der Waals surface area contributed by atoms with Crippen molar-refractivity contribution in [2.75, 3.05) is 40.9 Å². The lowest BCUT2D eigenvalue weighted by atomic mass is 10.1. The third-order valence-corrected chi connectivity index (χ3v) is 12.5. The second-order valence-electron chi connectivity index (χ2n) is 19.3. The first-order chi connectivity index (χ1) is 33.4. The Morgan fingerprint density at radius 2 is 0.942 bits per heavy atom. The lowest BCUT2D eigenvalue weighted by Crippen LogP contribution is -2.47. The Labute approximate surface area is 424 Å². The molecule has 3 atom stereocenters. The van der Waals surface area contributed by atoms with Crippen LogP contribution in [-0.4, -0.2) is 69.4 Å². The number of phosphoric acid groups is 1. The molecule has 0 radical (unpaired) electrons. The van der Waals surface area contributed by atoms with Gasteiger partial charge in [0.05, 0.1) is 33.8 Å². The molecule has 0 bridgehead atoms. The van der Waals surface area contributed by atoms with Gasteiger partial charge in [-0.1, -0.05) is 202 Å². The molecule has 0 aliphatic rings. The first-order valence-corrected chi connectivity index (χ1v) is 29.0. The number of phosphoric ester groups is 1. The Morgan fingerprint density at radius 1 is 0.522 bits per heavy atom. The van der Waals surface area contributed by atoms with Crippen molar-refractivity contribution in [2.45, 2.75) is 226 Å². The molecule has 0 saturated heterocycles. The lowest BCUT2D eigenvalue weighted by Gasteiger charge is -2.30. The number of ether oxygens (including phenoxy) is 1. The van der Waals surface area contributed by atoms with Gasteiger partial charge in [-0.2, -0.15) is 0 Å². The molecular weight excluding hydrogens is 880 g/mol. The van der Waals surface area contributed by atoms with Crippen LogP contribution in [0.3, 0.4) is 0 Å². The molecule has 69 heavy (non-hydrogen) atoms. The van der Waals surface area contributed by atoms with Gasteiger partial charge in [-0.25, -0.2) is 0 Å². The van der Waals surface area contributed by atoms with Crippen LogP contribution in [0.15, 0.2) is 97.2 Å². The summed E-state index contributed by atoms with van der Waals surface area (Å²) in [5.74, 6) is -0.666. The average molecular weight is 983 g/mol. The summed E-state index contributed by atoms with van der Waals surface area (Å²) in [7, 11) is 1.12. The highest BCUT2D eigenvalue weighted by Gasteiger charge is 2.27. The first kappa shape index (κ1) is 65.9. The Bertz CT molecular complexity index is 1510. The van der Waals surface area contributed by atoms with E-state index in [2.05, 4.69) is 99.0 Å². The molecule has 0 aromatic heterocycles. The number of carbonyl (C=O) groups excluding carboxylic acids is 2. The number of quaternary nitrogens is 1. The fourth-order valence-electron chi connectivity index (χ4n) is 7.25. The zero-order valence-electron chi connectivity index (χ0n) is 45.0. The van der Waals surface area contributed by atoms with E-state index in [1.165, 1.54) is 83.5 Å². The smallest absolute Gasteiger partial charge is 0.306 e. The van der Waals surface area contributed by atoms with Crippen molar-refractivity contribution in [3.63, 3.8) is 0 Å². The molecule has 0 fully saturated rings. The number of hydrogen-bond acceptors (Lipinski definition) is 7. The van der Waals surface area contributed by atoms with Crippen molar-refractivity contribution < 1.29 is 37.3 Å². The standard InChI is InChI=1S/C59H103N2O7P/c1-7-10-13-16-19-22-25-27-28-29-30-31-32-34-37-40-43-46-49-52-59(63)68-57(50-47-44-41-38-35-24-21-18-15-12-9-3)56(55-67-69(64,65)66-54-53-61(4,5)6)60-58(62)51-48-45-42-39-36-33-26-23-20-17-14-11-8-2/h10,13,19,22,27-28,30-31,33-34,36-37,43,46-47,50,56-57H,7-9,11-12,14-18,20-21,23-26,29,32,35,38-42,44-45,48-49,51-55H2,1-6H3,(H-,60,62,64,65)/b13-10-,22-19-,28-27-,31-30-,36-33-,37-34-,46-43-,50-47-. The minimum Gasteiger partial charge on any atom is -0.756 e. The molecule has 0 aliphatic heterocycles. The van der Waals surface area contributed by atoms with E-state index in [1.54, 1.807) is 6.08 Å². The quantitative estimate of drug-likeness (QED) is 0.0212. The van der Waals surface area contributed by atoms with Gasteiger partial charge in [-0.3, -0.25) is 14.2 Å². The molecule has 0 aromatic rings. The Hall–Kier alpha value is -3.07. The second-order valence-corrected chi connectivity index (χ2v) is 20.8. The highest BCUT2D eigenvalue weighted by molar-refractivity contribution is 7.45.